The summed E-state index contributed by atoms with van der Waals surface area (Å²) in [4.78, 5) is 35.2. The van der Waals surface area contributed by atoms with Crippen LogP contribution in [0.5, 0.6) is 0 Å². The molecule has 0 spiro atoms. The van der Waals surface area contributed by atoms with Crippen LogP contribution in [-0.2, 0) is 9.59 Å². The fourth-order valence-corrected chi connectivity index (χ4v) is 2.57. The van der Waals surface area contributed by atoms with E-state index in [0.717, 1.165) is 4.90 Å². The van der Waals surface area contributed by atoms with E-state index in [0.29, 0.717) is 11.4 Å². The number of anilines is 1. The van der Waals surface area contributed by atoms with Crippen molar-refractivity contribution >= 4 is 35.2 Å². The zero-order valence-electron chi connectivity index (χ0n) is 10.9. The molecule has 0 radical (unpaired) electrons. The Morgan fingerprint density at radius 3 is 2.95 bits per heavy atom. The minimum absolute atomic E-state index is 0.0986. The molecule has 7 heteroatoms. The molecule has 1 aliphatic heterocycles. The number of nitrogens with one attached hydrogen (secondary N) is 2. The molecular weight excluding hydrogens is 292 g/mol. The van der Waals surface area contributed by atoms with E-state index < -0.39 is 17.9 Å². The van der Waals surface area contributed by atoms with Crippen molar-refractivity contribution in [2.45, 2.75) is 17.4 Å². The van der Waals surface area contributed by atoms with Crippen LogP contribution in [0.3, 0.4) is 0 Å². The van der Waals surface area contributed by atoms with Gasteiger partial charge in [0, 0.05) is 16.9 Å². The summed E-state index contributed by atoms with van der Waals surface area (Å²) in [5.74, 6) is 0.661. The summed E-state index contributed by atoms with van der Waals surface area (Å²) in [5, 5.41) is 14.0. The number of amides is 2. The maximum Gasteiger partial charge on any atom is 0.327 e. The van der Waals surface area contributed by atoms with Crippen LogP contribution < -0.4 is 10.6 Å². The average Bonchev–Trinajstić information content (AvgIpc) is 2.45. The minimum atomic E-state index is -1.19. The lowest BCUT2D eigenvalue weighted by molar-refractivity contribution is -0.139. The van der Waals surface area contributed by atoms with Crippen molar-refractivity contribution < 1.29 is 19.5 Å². The smallest absolute Gasteiger partial charge is 0.327 e. The van der Waals surface area contributed by atoms with Crippen LogP contribution in [0.4, 0.5) is 5.69 Å². The number of fused-ring (bicyclic) bond motifs is 1. The topological polar surface area (TPSA) is 95.5 Å². The van der Waals surface area contributed by atoms with E-state index in [4.69, 9.17) is 11.5 Å². The SMILES string of the molecule is C#CCC(NC(=O)c1ccc2c(c1)NC(=O)CS2)C(=O)O. The van der Waals surface area contributed by atoms with E-state index in [1.165, 1.54) is 17.8 Å². The Bertz CT molecular complexity index is 651. The first-order chi connectivity index (χ1) is 10.0. The average molecular weight is 304 g/mol. The number of terminal acetylenes is 1. The normalized spacial score (nSPS) is 14.3. The van der Waals surface area contributed by atoms with Gasteiger partial charge in [0.1, 0.15) is 6.04 Å². The van der Waals surface area contributed by atoms with Gasteiger partial charge in [-0.05, 0) is 18.2 Å². The molecule has 21 heavy (non-hydrogen) atoms. The molecule has 1 aliphatic rings. The lowest BCUT2D eigenvalue weighted by Crippen LogP contribution is -2.40. The molecule has 0 saturated carbocycles. The Morgan fingerprint density at radius 1 is 1.52 bits per heavy atom. The number of aliphatic carboxylic acids is 1. The summed E-state index contributed by atoms with van der Waals surface area (Å²) in [7, 11) is 0. The summed E-state index contributed by atoms with van der Waals surface area (Å²) in [5.41, 5.74) is 0.813. The highest BCUT2D eigenvalue weighted by Gasteiger charge is 2.21. The van der Waals surface area contributed by atoms with Crippen LogP contribution >= 0.6 is 11.8 Å². The van der Waals surface area contributed by atoms with Crippen molar-refractivity contribution in [3.63, 3.8) is 0 Å². The van der Waals surface area contributed by atoms with Crippen LogP contribution in [0.2, 0.25) is 0 Å². The first kappa shape index (κ1) is 14.9. The third-order valence-electron chi connectivity index (χ3n) is 2.80. The monoisotopic (exact) mass is 304 g/mol. The summed E-state index contributed by atoms with van der Waals surface area (Å²) in [6.45, 7) is 0. The summed E-state index contributed by atoms with van der Waals surface area (Å²) < 4.78 is 0. The first-order valence-electron chi connectivity index (χ1n) is 6.05. The van der Waals surface area contributed by atoms with Crippen molar-refractivity contribution in [2.75, 3.05) is 11.1 Å². The number of benzene rings is 1. The Morgan fingerprint density at radius 2 is 2.29 bits per heavy atom. The largest absolute Gasteiger partial charge is 0.480 e. The molecule has 0 fully saturated rings. The van der Waals surface area contributed by atoms with Gasteiger partial charge >= 0.3 is 5.97 Å². The van der Waals surface area contributed by atoms with Gasteiger partial charge in [0.05, 0.1) is 11.4 Å². The molecule has 1 aromatic carbocycles. The third-order valence-corrected chi connectivity index (χ3v) is 3.87. The van der Waals surface area contributed by atoms with Gasteiger partial charge < -0.3 is 15.7 Å². The van der Waals surface area contributed by atoms with Gasteiger partial charge in [-0.2, -0.15) is 0 Å². The predicted molar refractivity (Wildman–Crippen MR) is 78.1 cm³/mol. The van der Waals surface area contributed by atoms with E-state index in [1.54, 1.807) is 12.1 Å². The highest BCUT2D eigenvalue weighted by molar-refractivity contribution is 8.00. The van der Waals surface area contributed by atoms with Gasteiger partial charge in [-0.3, -0.25) is 9.59 Å². The van der Waals surface area contributed by atoms with Crippen LogP contribution in [0.15, 0.2) is 23.1 Å². The Labute approximate surface area is 125 Å². The number of thioether (sulfide) groups is 1. The molecule has 0 saturated heterocycles. The van der Waals surface area contributed by atoms with Gasteiger partial charge in [-0.25, -0.2) is 4.79 Å². The molecule has 2 amide bonds. The molecule has 0 aromatic heterocycles. The van der Waals surface area contributed by atoms with Crippen molar-refractivity contribution in [3.05, 3.63) is 23.8 Å². The van der Waals surface area contributed by atoms with Gasteiger partial charge in [-0.1, -0.05) is 0 Å². The second-order valence-corrected chi connectivity index (χ2v) is 5.34. The van der Waals surface area contributed by atoms with Gasteiger partial charge in [0.15, 0.2) is 0 Å². The van der Waals surface area contributed by atoms with E-state index in [9.17, 15) is 14.4 Å². The fraction of sp³-hybridized carbons (Fsp3) is 0.214. The number of carbonyl (C=O) groups is 3. The van der Waals surface area contributed by atoms with E-state index in [1.807, 2.05) is 0 Å². The van der Waals surface area contributed by atoms with Crippen molar-refractivity contribution in [3.8, 4) is 12.3 Å². The first-order valence-corrected chi connectivity index (χ1v) is 7.03. The molecule has 1 atom stereocenters. The number of carbonyl (C=O) groups excluding carboxylic acids is 2. The molecule has 1 unspecified atom stereocenters. The maximum absolute atomic E-state index is 12.0. The van der Waals surface area contributed by atoms with Crippen molar-refractivity contribution in [1.29, 1.82) is 0 Å². The highest BCUT2D eigenvalue weighted by Crippen LogP contribution is 2.31. The van der Waals surface area contributed by atoms with E-state index in [-0.39, 0.29) is 17.9 Å². The lowest BCUT2D eigenvalue weighted by Gasteiger charge is -2.17. The van der Waals surface area contributed by atoms with Crippen LogP contribution in [0, 0.1) is 12.3 Å². The highest BCUT2D eigenvalue weighted by atomic mass is 32.2. The molecule has 2 rings (SSSR count). The van der Waals surface area contributed by atoms with Crippen LogP contribution in [0.25, 0.3) is 0 Å². The predicted octanol–water partition coefficient (Wildman–Crippen LogP) is 0.937. The molecule has 0 bridgehead atoms. The summed E-state index contributed by atoms with van der Waals surface area (Å²) in [6, 6.07) is 3.67. The number of hydrogen-bond donors (Lipinski definition) is 3. The van der Waals surface area contributed by atoms with Gasteiger partial charge in [0.2, 0.25) is 5.91 Å². The lowest BCUT2D eigenvalue weighted by atomic mass is 10.1. The minimum Gasteiger partial charge on any atom is -0.480 e. The molecule has 6 nitrogen and oxygen atoms in total. The zero-order valence-corrected chi connectivity index (χ0v) is 11.7. The summed E-state index contributed by atoms with van der Waals surface area (Å²) in [6.07, 6.45) is 4.97. The molecule has 0 aliphatic carbocycles. The number of carboxylic acid groups (broad SMARTS) is 1. The second-order valence-electron chi connectivity index (χ2n) is 4.32. The van der Waals surface area contributed by atoms with Crippen molar-refractivity contribution in [2.24, 2.45) is 0 Å². The molecule has 1 aromatic rings. The maximum atomic E-state index is 12.0. The molecule has 1 heterocycles. The fourth-order valence-electron chi connectivity index (χ4n) is 1.78. The van der Waals surface area contributed by atoms with Crippen LogP contribution in [0.1, 0.15) is 16.8 Å². The van der Waals surface area contributed by atoms with Gasteiger partial charge in [0.25, 0.3) is 5.91 Å². The second kappa shape index (κ2) is 6.33. The summed E-state index contributed by atoms with van der Waals surface area (Å²) >= 11 is 1.38. The molecular formula is C14H12N2O4S. The third kappa shape index (κ3) is 3.55. The number of carboxylic acids is 1. The molecule has 108 valence electrons. The molecule has 3 N–H and O–H groups in total. The van der Waals surface area contributed by atoms with Gasteiger partial charge in [-0.15, -0.1) is 24.1 Å². The Balaban J connectivity index is 2.16. The van der Waals surface area contributed by atoms with Crippen LogP contribution in [-0.4, -0.2) is 34.7 Å². The Kier molecular flexibility index (Phi) is 4.50. The van der Waals surface area contributed by atoms with E-state index >= 15 is 0 Å². The standard InChI is InChI=1S/C14H12N2O4S/c1-2-3-9(14(19)20)16-13(18)8-4-5-11-10(6-8)15-12(17)7-21-11/h1,4-6,9H,3,7H2,(H,15,17)(H,16,18)(H,19,20). The number of rotatable bonds is 4. The van der Waals surface area contributed by atoms with E-state index in [2.05, 4.69) is 16.6 Å². The van der Waals surface area contributed by atoms with Crippen molar-refractivity contribution in [1.82, 2.24) is 5.32 Å². The zero-order chi connectivity index (χ0) is 15.4. The number of hydrogen-bond acceptors (Lipinski definition) is 4. The quantitative estimate of drug-likeness (QED) is 0.719. The Hall–Kier alpha value is -2.46.